The molecular formula is C12H10ClN3O2S2. The number of halogens is 1. The van der Waals surface area contributed by atoms with Crippen molar-refractivity contribution in [1.82, 2.24) is 10.2 Å². The predicted molar refractivity (Wildman–Crippen MR) is 81.9 cm³/mol. The number of aromatic nitrogens is 2. The number of hydrogen-bond acceptors (Lipinski definition) is 5. The van der Waals surface area contributed by atoms with Gasteiger partial charge in [0, 0.05) is 16.8 Å². The first kappa shape index (κ1) is 13.4. The molecule has 0 bridgehead atoms. The van der Waals surface area contributed by atoms with Crippen LogP contribution < -0.4 is 5.73 Å². The summed E-state index contributed by atoms with van der Waals surface area (Å²) in [5.74, 6) is 0.348. The number of aromatic amines is 1. The summed E-state index contributed by atoms with van der Waals surface area (Å²) in [7, 11) is -3.38. The zero-order valence-electron chi connectivity index (χ0n) is 10.3. The minimum Gasteiger partial charge on any atom is -0.384 e. The first-order valence-electron chi connectivity index (χ1n) is 5.60. The molecule has 3 rings (SSSR count). The molecule has 2 aromatic heterocycles. The van der Waals surface area contributed by atoms with Crippen LogP contribution in [0.2, 0.25) is 5.02 Å². The summed E-state index contributed by atoms with van der Waals surface area (Å²) in [6, 6.07) is 7.01. The van der Waals surface area contributed by atoms with Crippen molar-refractivity contribution in [3.63, 3.8) is 0 Å². The van der Waals surface area contributed by atoms with Gasteiger partial charge in [0.2, 0.25) is 0 Å². The molecule has 104 valence electrons. The highest BCUT2D eigenvalue weighted by Crippen LogP contribution is 2.43. The highest BCUT2D eigenvalue weighted by Gasteiger charge is 2.24. The van der Waals surface area contributed by atoms with Gasteiger partial charge in [-0.2, -0.15) is 5.10 Å². The zero-order valence-corrected chi connectivity index (χ0v) is 12.7. The summed E-state index contributed by atoms with van der Waals surface area (Å²) in [6.45, 7) is 0. The van der Waals surface area contributed by atoms with Crippen molar-refractivity contribution in [2.24, 2.45) is 0 Å². The van der Waals surface area contributed by atoms with E-state index in [1.54, 1.807) is 24.3 Å². The minimum absolute atomic E-state index is 0.248. The number of hydrogen-bond donors (Lipinski definition) is 2. The maximum absolute atomic E-state index is 12.0. The fourth-order valence-electron chi connectivity index (χ4n) is 2.06. The van der Waals surface area contributed by atoms with Crippen LogP contribution in [0.15, 0.2) is 28.5 Å². The standard InChI is InChI=1S/C12H10ClN3O2S2/c1-20(17,18)12-8(6-3-2-4-7(13)5-6)9-10(14)15-16-11(9)19-12/h2-5H,1H3,(H3,14,15,16). The number of thiophene rings is 1. The van der Waals surface area contributed by atoms with E-state index in [0.29, 0.717) is 32.2 Å². The van der Waals surface area contributed by atoms with Gasteiger partial charge in [-0.1, -0.05) is 23.7 Å². The Balaban J connectivity index is 2.45. The SMILES string of the molecule is CS(=O)(=O)c1sc2n[nH]c(N)c2c1-c1cccc(Cl)c1. The maximum atomic E-state index is 12.0. The molecule has 3 aromatic rings. The lowest BCUT2D eigenvalue weighted by Crippen LogP contribution is -1.96. The number of fused-ring (bicyclic) bond motifs is 1. The monoisotopic (exact) mass is 327 g/mol. The molecular weight excluding hydrogens is 318 g/mol. The van der Waals surface area contributed by atoms with Crippen molar-refractivity contribution in [1.29, 1.82) is 0 Å². The Labute approximate surface area is 124 Å². The average molecular weight is 328 g/mol. The second-order valence-corrected chi connectivity index (χ2v) is 8.01. The molecule has 0 fully saturated rings. The number of benzene rings is 1. The number of nitrogens with one attached hydrogen (secondary N) is 1. The van der Waals surface area contributed by atoms with Crippen LogP contribution in [0.25, 0.3) is 21.3 Å². The predicted octanol–water partition coefficient (Wildman–Crippen LogP) is 2.93. The molecule has 0 aliphatic heterocycles. The van der Waals surface area contributed by atoms with E-state index in [9.17, 15) is 8.42 Å². The molecule has 0 unspecified atom stereocenters. The van der Waals surface area contributed by atoms with Gasteiger partial charge in [0.05, 0.1) is 5.39 Å². The summed E-state index contributed by atoms with van der Waals surface area (Å²) >= 11 is 7.09. The molecule has 3 N–H and O–H groups in total. The van der Waals surface area contributed by atoms with Gasteiger partial charge in [0.15, 0.2) is 9.84 Å². The number of nitrogens with zero attached hydrogens (tertiary/aromatic N) is 1. The van der Waals surface area contributed by atoms with Crippen molar-refractivity contribution in [2.75, 3.05) is 12.0 Å². The van der Waals surface area contributed by atoms with Crippen LogP contribution in [0.1, 0.15) is 0 Å². The number of anilines is 1. The number of nitrogen functional groups attached to an aromatic ring is 1. The quantitative estimate of drug-likeness (QED) is 0.757. The molecule has 0 aliphatic carbocycles. The Kier molecular flexibility index (Phi) is 3.00. The van der Waals surface area contributed by atoms with Crippen molar-refractivity contribution in [3.8, 4) is 11.1 Å². The summed E-state index contributed by atoms with van der Waals surface area (Å²) in [6.07, 6.45) is 1.17. The van der Waals surface area contributed by atoms with Crippen molar-refractivity contribution in [3.05, 3.63) is 29.3 Å². The van der Waals surface area contributed by atoms with Crippen LogP contribution >= 0.6 is 22.9 Å². The molecule has 0 radical (unpaired) electrons. The average Bonchev–Trinajstić information content (AvgIpc) is 2.89. The molecule has 0 aliphatic rings. The van der Waals surface area contributed by atoms with Crippen LogP contribution in [0, 0.1) is 0 Å². The molecule has 2 heterocycles. The Morgan fingerprint density at radius 1 is 1.40 bits per heavy atom. The Bertz CT molecular complexity index is 912. The van der Waals surface area contributed by atoms with E-state index < -0.39 is 9.84 Å². The van der Waals surface area contributed by atoms with Gasteiger partial charge in [-0.25, -0.2) is 8.42 Å². The van der Waals surface area contributed by atoms with Gasteiger partial charge in [-0.15, -0.1) is 11.3 Å². The third kappa shape index (κ3) is 2.07. The van der Waals surface area contributed by atoms with Crippen LogP contribution in [0.4, 0.5) is 5.82 Å². The molecule has 0 saturated carbocycles. The molecule has 0 amide bonds. The summed E-state index contributed by atoms with van der Waals surface area (Å²) < 4.78 is 24.2. The highest BCUT2D eigenvalue weighted by molar-refractivity contribution is 7.93. The third-order valence-corrected chi connectivity index (χ3v) is 6.00. The van der Waals surface area contributed by atoms with E-state index in [4.69, 9.17) is 17.3 Å². The van der Waals surface area contributed by atoms with Gasteiger partial charge in [0.1, 0.15) is 14.9 Å². The lowest BCUT2D eigenvalue weighted by Gasteiger charge is -2.04. The summed E-state index contributed by atoms with van der Waals surface area (Å²) in [5.41, 5.74) is 7.13. The van der Waals surface area contributed by atoms with E-state index in [2.05, 4.69) is 10.2 Å². The van der Waals surface area contributed by atoms with Gasteiger partial charge in [-0.05, 0) is 17.7 Å². The van der Waals surface area contributed by atoms with E-state index >= 15 is 0 Å². The fourth-order valence-corrected chi connectivity index (χ4v) is 4.59. The molecule has 1 aromatic carbocycles. The number of nitrogens with two attached hydrogens (primary N) is 1. The lowest BCUT2D eigenvalue weighted by molar-refractivity contribution is 0.604. The molecule has 0 saturated heterocycles. The van der Waals surface area contributed by atoms with E-state index in [1.165, 1.54) is 6.26 Å². The van der Waals surface area contributed by atoms with E-state index in [0.717, 1.165) is 11.3 Å². The second kappa shape index (κ2) is 4.47. The number of sulfone groups is 1. The number of H-pyrrole nitrogens is 1. The van der Waals surface area contributed by atoms with Crippen molar-refractivity contribution in [2.45, 2.75) is 4.21 Å². The maximum Gasteiger partial charge on any atom is 0.185 e. The normalized spacial score (nSPS) is 12.1. The van der Waals surface area contributed by atoms with Crippen LogP contribution in [-0.2, 0) is 9.84 Å². The van der Waals surface area contributed by atoms with Gasteiger partial charge in [0.25, 0.3) is 0 Å². The zero-order chi connectivity index (χ0) is 14.5. The van der Waals surface area contributed by atoms with Gasteiger partial charge >= 0.3 is 0 Å². The Morgan fingerprint density at radius 3 is 2.80 bits per heavy atom. The Hall–Kier alpha value is -1.57. The van der Waals surface area contributed by atoms with Crippen molar-refractivity contribution < 1.29 is 8.42 Å². The first-order chi connectivity index (χ1) is 9.38. The third-order valence-electron chi connectivity index (χ3n) is 2.85. The van der Waals surface area contributed by atoms with Crippen molar-refractivity contribution >= 4 is 48.8 Å². The van der Waals surface area contributed by atoms with E-state index in [-0.39, 0.29) is 4.21 Å². The van der Waals surface area contributed by atoms with Crippen LogP contribution in [0.3, 0.4) is 0 Å². The second-order valence-electron chi connectivity index (χ2n) is 4.36. The number of rotatable bonds is 2. The molecule has 20 heavy (non-hydrogen) atoms. The van der Waals surface area contributed by atoms with Gasteiger partial charge in [-0.3, -0.25) is 5.10 Å². The van der Waals surface area contributed by atoms with Crippen LogP contribution in [-0.4, -0.2) is 24.9 Å². The topological polar surface area (TPSA) is 88.8 Å². The lowest BCUT2D eigenvalue weighted by atomic mass is 10.1. The molecule has 8 heteroatoms. The van der Waals surface area contributed by atoms with Gasteiger partial charge < -0.3 is 5.73 Å². The first-order valence-corrected chi connectivity index (χ1v) is 8.69. The summed E-state index contributed by atoms with van der Waals surface area (Å²) in [4.78, 5) is 0.568. The fraction of sp³-hybridized carbons (Fsp3) is 0.0833. The largest absolute Gasteiger partial charge is 0.384 e. The smallest absolute Gasteiger partial charge is 0.185 e. The van der Waals surface area contributed by atoms with E-state index in [1.807, 2.05) is 0 Å². The molecule has 0 spiro atoms. The minimum atomic E-state index is -3.38. The molecule has 0 atom stereocenters. The molecule has 5 nitrogen and oxygen atoms in total. The summed E-state index contributed by atoms with van der Waals surface area (Å²) in [5, 5.41) is 7.86. The van der Waals surface area contributed by atoms with Crippen LogP contribution in [0.5, 0.6) is 0 Å². The highest BCUT2D eigenvalue weighted by atomic mass is 35.5. The Morgan fingerprint density at radius 2 is 2.15 bits per heavy atom.